The molecule has 3 aromatic rings. The molecule has 2 heterocycles. The van der Waals surface area contributed by atoms with E-state index in [1.54, 1.807) is 6.07 Å². The highest BCUT2D eigenvalue weighted by atomic mass is 16.5. The van der Waals surface area contributed by atoms with Crippen molar-refractivity contribution in [3.05, 3.63) is 75.1 Å². The van der Waals surface area contributed by atoms with E-state index in [0.29, 0.717) is 49.4 Å². The molecule has 2 fully saturated rings. The summed E-state index contributed by atoms with van der Waals surface area (Å²) in [6.45, 7) is 10.1. The van der Waals surface area contributed by atoms with Crippen LogP contribution in [0.1, 0.15) is 81.5 Å². The molecule has 1 amide bonds. The number of likely N-dealkylation sites (tertiary alicyclic amines) is 1. The van der Waals surface area contributed by atoms with E-state index in [1.807, 2.05) is 24.0 Å². The second-order valence-electron chi connectivity index (χ2n) is 12.5. The lowest BCUT2D eigenvalue weighted by Crippen LogP contribution is -2.54. The molecule has 39 heavy (non-hydrogen) atoms. The summed E-state index contributed by atoms with van der Waals surface area (Å²) in [5.74, 6) is 0.845. The SMILES string of the molecule is Cc1c(CCC(=O)N2CC[C@]3(O)CCCC[C@@H]3C2)c(=O)oc2cc(OCc3ccc(C(C)(C)C)cc3)ccc12. The molecule has 1 aromatic heterocycles. The van der Waals surface area contributed by atoms with Crippen molar-refractivity contribution in [1.29, 1.82) is 0 Å². The third-order valence-corrected chi connectivity index (χ3v) is 8.85. The summed E-state index contributed by atoms with van der Waals surface area (Å²) in [6, 6.07) is 14.0. The van der Waals surface area contributed by atoms with Crippen LogP contribution < -0.4 is 10.4 Å². The minimum Gasteiger partial charge on any atom is -0.489 e. The largest absolute Gasteiger partial charge is 0.489 e. The lowest BCUT2D eigenvalue weighted by Gasteiger charge is -2.47. The van der Waals surface area contributed by atoms with Gasteiger partial charge in [0, 0.05) is 42.4 Å². The number of aryl methyl sites for hydroxylation is 1. The molecule has 208 valence electrons. The summed E-state index contributed by atoms with van der Waals surface area (Å²) in [7, 11) is 0. The number of hydrogen-bond acceptors (Lipinski definition) is 5. The molecule has 0 radical (unpaired) electrons. The van der Waals surface area contributed by atoms with Gasteiger partial charge in [-0.15, -0.1) is 0 Å². The Kier molecular flexibility index (Phi) is 7.60. The Morgan fingerprint density at radius 2 is 1.90 bits per heavy atom. The summed E-state index contributed by atoms with van der Waals surface area (Å²) < 4.78 is 11.7. The maximum absolute atomic E-state index is 13.0. The number of nitrogens with zero attached hydrogens (tertiary/aromatic N) is 1. The predicted octanol–water partition coefficient (Wildman–Crippen LogP) is 6.06. The predicted molar refractivity (Wildman–Crippen MR) is 153 cm³/mol. The van der Waals surface area contributed by atoms with Crippen molar-refractivity contribution in [1.82, 2.24) is 4.90 Å². The molecule has 1 saturated carbocycles. The molecule has 2 atom stereocenters. The van der Waals surface area contributed by atoms with Crippen molar-refractivity contribution < 1.29 is 19.1 Å². The Bertz CT molecular complexity index is 1400. The molecule has 6 heteroatoms. The zero-order valence-corrected chi connectivity index (χ0v) is 23.7. The second-order valence-corrected chi connectivity index (χ2v) is 12.5. The normalized spacial score (nSPS) is 21.6. The van der Waals surface area contributed by atoms with Gasteiger partial charge in [0.05, 0.1) is 5.60 Å². The highest BCUT2D eigenvalue weighted by Crippen LogP contribution is 2.40. The number of piperidine rings is 1. The fourth-order valence-electron chi connectivity index (χ4n) is 6.21. The van der Waals surface area contributed by atoms with Crippen molar-refractivity contribution in [3.63, 3.8) is 0 Å². The molecule has 1 aliphatic carbocycles. The van der Waals surface area contributed by atoms with Crippen LogP contribution in [0.15, 0.2) is 51.7 Å². The molecule has 6 nitrogen and oxygen atoms in total. The number of fused-ring (bicyclic) bond motifs is 2. The van der Waals surface area contributed by atoms with E-state index in [1.165, 1.54) is 5.56 Å². The summed E-state index contributed by atoms with van der Waals surface area (Å²) in [5.41, 5.74) is 3.33. The number of carbonyl (C=O) groups is 1. The van der Waals surface area contributed by atoms with Crippen LogP contribution >= 0.6 is 0 Å². The maximum atomic E-state index is 13.0. The molecule has 1 aliphatic heterocycles. The van der Waals surface area contributed by atoms with Crippen molar-refractivity contribution in [2.75, 3.05) is 13.1 Å². The van der Waals surface area contributed by atoms with Gasteiger partial charge in [-0.05, 0) is 66.8 Å². The highest BCUT2D eigenvalue weighted by molar-refractivity contribution is 5.83. The summed E-state index contributed by atoms with van der Waals surface area (Å²) in [5, 5.41) is 11.8. The molecule has 2 aromatic carbocycles. The number of rotatable bonds is 6. The molecule has 0 bridgehead atoms. The second kappa shape index (κ2) is 10.8. The van der Waals surface area contributed by atoms with Crippen LogP contribution in [0.4, 0.5) is 0 Å². The van der Waals surface area contributed by atoms with Gasteiger partial charge in [0.25, 0.3) is 0 Å². The van der Waals surface area contributed by atoms with E-state index in [9.17, 15) is 14.7 Å². The summed E-state index contributed by atoms with van der Waals surface area (Å²) in [6.07, 6.45) is 5.25. The monoisotopic (exact) mass is 531 g/mol. The Hall–Kier alpha value is -3.12. The topological polar surface area (TPSA) is 80.0 Å². The van der Waals surface area contributed by atoms with Gasteiger partial charge in [0.1, 0.15) is 17.9 Å². The molecule has 0 unspecified atom stereocenters. The lowest BCUT2D eigenvalue weighted by molar-refractivity contribution is -0.143. The zero-order valence-electron chi connectivity index (χ0n) is 23.7. The summed E-state index contributed by atoms with van der Waals surface area (Å²) in [4.78, 5) is 27.8. The molecule has 1 saturated heterocycles. The molecule has 2 aliphatic rings. The minimum absolute atomic E-state index is 0.0424. The van der Waals surface area contributed by atoms with E-state index in [0.717, 1.165) is 42.2 Å². The van der Waals surface area contributed by atoms with Crippen LogP contribution in [0.2, 0.25) is 0 Å². The number of hydrogen-bond donors (Lipinski definition) is 1. The van der Waals surface area contributed by atoms with Gasteiger partial charge in [-0.2, -0.15) is 0 Å². The van der Waals surface area contributed by atoms with E-state index < -0.39 is 11.2 Å². The zero-order chi connectivity index (χ0) is 27.8. The van der Waals surface area contributed by atoms with Crippen LogP contribution in [0.25, 0.3) is 11.0 Å². The number of ether oxygens (including phenoxy) is 1. The fourth-order valence-corrected chi connectivity index (χ4v) is 6.21. The van der Waals surface area contributed by atoms with Crippen molar-refractivity contribution in [2.45, 2.75) is 90.3 Å². The Labute approximate surface area is 231 Å². The Morgan fingerprint density at radius 3 is 2.64 bits per heavy atom. The number of benzene rings is 2. The molecule has 0 spiro atoms. The van der Waals surface area contributed by atoms with Gasteiger partial charge in [-0.1, -0.05) is 57.9 Å². The standard InChI is InChI=1S/C33H41NO5/c1-22-27-13-12-26(38-21-23-8-10-24(11-9-23)32(2,3)4)19-29(27)39-31(36)28(22)14-15-30(35)34-18-17-33(37)16-6-5-7-25(33)20-34/h8-13,19,25,37H,5-7,14-18,20-21H2,1-4H3/t25-,33-/m1/s1. The number of carbonyl (C=O) groups excluding carboxylic acids is 1. The first kappa shape index (κ1) is 27.4. The van der Waals surface area contributed by atoms with Gasteiger partial charge in [0.2, 0.25) is 5.91 Å². The Balaban J connectivity index is 1.23. The smallest absolute Gasteiger partial charge is 0.339 e. The van der Waals surface area contributed by atoms with E-state index in [4.69, 9.17) is 9.15 Å². The number of aliphatic hydroxyl groups is 1. The van der Waals surface area contributed by atoms with E-state index in [-0.39, 0.29) is 23.7 Å². The quantitative estimate of drug-likeness (QED) is 0.391. The average Bonchev–Trinajstić information content (AvgIpc) is 2.90. The van der Waals surface area contributed by atoms with E-state index in [2.05, 4.69) is 45.0 Å². The highest BCUT2D eigenvalue weighted by Gasteiger charge is 2.43. The summed E-state index contributed by atoms with van der Waals surface area (Å²) >= 11 is 0. The first-order chi connectivity index (χ1) is 18.5. The molecule has 5 rings (SSSR count). The fraction of sp³-hybridized carbons (Fsp3) is 0.515. The Morgan fingerprint density at radius 1 is 1.13 bits per heavy atom. The van der Waals surface area contributed by atoms with Crippen LogP contribution in [0.3, 0.4) is 0 Å². The van der Waals surface area contributed by atoms with Crippen LogP contribution in [0.5, 0.6) is 5.75 Å². The minimum atomic E-state index is -0.607. The van der Waals surface area contributed by atoms with Crippen LogP contribution in [-0.4, -0.2) is 34.6 Å². The van der Waals surface area contributed by atoms with Gasteiger partial charge in [0.15, 0.2) is 0 Å². The number of amides is 1. The van der Waals surface area contributed by atoms with Gasteiger partial charge < -0.3 is 19.2 Å². The van der Waals surface area contributed by atoms with Gasteiger partial charge in [-0.25, -0.2) is 4.79 Å². The maximum Gasteiger partial charge on any atom is 0.339 e. The van der Waals surface area contributed by atoms with Crippen molar-refractivity contribution in [2.24, 2.45) is 5.92 Å². The third-order valence-electron chi connectivity index (χ3n) is 8.85. The molecular formula is C33H41NO5. The molecular weight excluding hydrogens is 490 g/mol. The third kappa shape index (κ3) is 5.91. The van der Waals surface area contributed by atoms with Crippen molar-refractivity contribution >= 4 is 16.9 Å². The first-order valence-electron chi connectivity index (χ1n) is 14.3. The van der Waals surface area contributed by atoms with Crippen molar-refractivity contribution in [3.8, 4) is 5.75 Å². The van der Waals surface area contributed by atoms with Crippen LogP contribution in [0, 0.1) is 12.8 Å². The van der Waals surface area contributed by atoms with Crippen LogP contribution in [-0.2, 0) is 23.2 Å². The first-order valence-corrected chi connectivity index (χ1v) is 14.3. The lowest BCUT2D eigenvalue weighted by atomic mass is 9.71. The van der Waals surface area contributed by atoms with Gasteiger partial charge in [-0.3, -0.25) is 4.79 Å². The van der Waals surface area contributed by atoms with E-state index >= 15 is 0 Å². The molecule has 1 N–H and O–H groups in total. The average molecular weight is 532 g/mol. The van der Waals surface area contributed by atoms with Gasteiger partial charge >= 0.3 is 5.63 Å².